The predicted octanol–water partition coefficient (Wildman–Crippen LogP) is 7.80. The summed E-state index contributed by atoms with van der Waals surface area (Å²) in [5.74, 6) is 1.78. The molecule has 34 heavy (non-hydrogen) atoms. The molecule has 0 radical (unpaired) electrons. The fourth-order valence-corrected chi connectivity index (χ4v) is 3.78. The number of nitrogens with zero attached hydrogens (tertiary/aromatic N) is 2. The first-order chi connectivity index (χ1) is 16.1. The normalized spacial score (nSPS) is 15.4. The molecule has 1 saturated heterocycles. The van der Waals surface area contributed by atoms with Gasteiger partial charge in [0.1, 0.15) is 18.2 Å². The van der Waals surface area contributed by atoms with E-state index >= 15 is 0 Å². The van der Waals surface area contributed by atoms with E-state index in [1.807, 2.05) is 45.9 Å². The van der Waals surface area contributed by atoms with Crippen LogP contribution in [0.5, 0.6) is 0 Å². The van der Waals surface area contributed by atoms with Crippen molar-refractivity contribution in [3.8, 4) is 6.07 Å². The molecule has 2 unspecified atom stereocenters. The highest BCUT2D eigenvalue weighted by Crippen LogP contribution is 2.24. The average Bonchev–Trinajstić information content (AvgIpc) is 3.27. The van der Waals surface area contributed by atoms with Gasteiger partial charge in [0.15, 0.2) is 0 Å². The van der Waals surface area contributed by atoms with Crippen LogP contribution in [0.1, 0.15) is 69.2 Å². The van der Waals surface area contributed by atoms with Crippen molar-refractivity contribution in [2.45, 2.75) is 67.2 Å². The minimum absolute atomic E-state index is 0.137. The summed E-state index contributed by atoms with van der Waals surface area (Å²) in [5.41, 5.74) is 3.88. The Morgan fingerprint density at radius 2 is 1.85 bits per heavy atom. The standard InChI is InChI=1S/C9H11F.C9H19N.C8H6ClN.C3H6O/c1-3-8-6-9(10)5-4-7(8)2;1-4-8(2)9-5-6-10(3)7-9;1-6-2-3-7(5-10)8(9)4-6;1-2-3-4/h4-6H,3H2,1-2H3;8-9H,4-7H2,1-3H3;2-4H,1H3;3H,2H2,1H3. The molecule has 0 aliphatic carbocycles. The van der Waals surface area contributed by atoms with E-state index in [4.69, 9.17) is 16.9 Å². The van der Waals surface area contributed by atoms with Gasteiger partial charge >= 0.3 is 0 Å². The summed E-state index contributed by atoms with van der Waals surface area (Å²) in [6.07, 6.45) is 5.19. The summed E-state index contributed by atoms with van der Waals surface area (Å²) in [7, 11) is 2.22. The minimum atomic E-state index is -0.137. The van der Waals surface area contributed by atoms with Crippen LogP contribution in [0.3, 0.4) is 0 Å². The summed E-state index contributed by atoms with van der Waals surface area (Å²) in [5, 5.41) is 9.00. The second kappa shape index (κ2) is 18.2. The zero-order valence-electron chi connectivity index (χ0n) is 22.0. The van der Waals surface area contributed by atoms with Crippen molar-refractivity contribution in [1.29, 1.82) is 5.26 Å². The van der Waals surface area contributed by atoms with Crippen molar-refractivity contribution in [3.05, 3.63) is 69.5 Å². The van der Waals surface area contributed by atoms with Gasteiger partial charge in [-0.1, -0.05) is 57.8 Å². The number of likely N-dealkylation sites (tertiary alicyclic amines) is 1. The van der Waals surface area contributed by atoms with E-state index < -0.39 is 0 Å². The highest BCUT2D eigenvalue weighted by atomic mass is 35.5. The number of aryl methyl sites for hydroxylation is 3. The number of hydrogen-bond donors (Lipinski definition) is 0. The molecule has 0 bridgehead atoms. The van der Waals surface area contributed by atoms with Crippen LogP contribution in [-0.2, 0) is 11.2 Å². The van der Waals surface area contributed by atoms with Gasteiger partial charge in [0.05, 0.1) is 10.6 Å². The summed E-state index contributed by atoms with van der Waals surface area (Å²) in [4.78, 5) is 11.6. The zero-order chi connectivity index (χ0) is 26.1. The van der Waals surface area contributed by atoms with Gasteiger partial charge in [-0.15, -0.1) is 0 Å². The van der Waals surface area contributed by atoms with Gasteiger partial charge in [0.2, 0.25) is 0 Å². The zero-order valence-corrected chi connectivity index (χ0v) is 22.8. The van der Waals surface area contributed by atoms with Gasteiger partial charge in [0.25, 0.3) is 0 Å². The largest absolute Gasteiger partial charge is 0.306 e. The molecule has 0 saturated carbocycles. The minimum Gasteiger partial charge on any atom is -0.306 e. The fourth-order valence-electron chi connectivity index (χ4n) is 3.50. The molecule has 1 aliphatic rings. The first-order valence-corrected chi connectivity index (χ1v) is 12.5. The molecule has 2 aromatic rings. The molecular formula is C29H42ClFN2O. The monoisotopic (exact) mass is 488 g/mol. The lowest BCUT2D eigenvalue weighted by molar-refractivity contribution is -0.107. The molecule has 5 heteroatoms. The molecule has 0 N–H and O–H groups in total. The quantitative estimate of drug-likeness (QED) is 0.412. The fraction of sp³-hybridized carbons (Fsp3) is 0.517. The molecule has 1 fully saturated rings. The maximum Gasteiger partial charge on any atom is 0.123 e. The smallest absolute Gasteiger partial charge is 0.123 e. The third kappa shape index (κ3) is 12.9. The van der Waals surface area contributed by atoms with Gasteiger partial charge in [-0.25, -0.2) is 4.39 Å². The number of halogens is 2. The third-order valence-electron chi connectivity index (χ3n) is 5.98. The molecule has 3 rings (SSSR count). The van der Waals surface area contributed by atoms with Crippen molar-refractivity contribution in [1.82, 2.24) is 4.90 Å². The molecule has 0 spiro atoms. The molecule has 3 nitrogen and oxygen atoms in total. The summed E-state index contributed by atoms with van der Waals surface area (Å²) >= 11 is 5.71. The van der Waals surface area contributed by atoms with Crippen molar-refractivity contribution in [3.63, 3.8) is 0 Å². The molecule has 0 amide bonds. The van der Waals surface area contributed by atoms with E-state index in [9.17, 15) is 9.18 Å². The van der Waals surface area contributed by atoms with Gasteiger partial charge in [-0.2, -0.15) is 5.26 Å². The Morgan fingerprint density at radius 1 is 1.21 bits per heavy atom. The number of carbonyl (C=O) groups is 1. The van der Waals surface area contributed by atoms with Crippen LogP contribution >= 0.6 is 11.6 Å². The van der Waals surface area contributed by atoms with Crippen molar-refractivity contribution < 1.29 is 9.18 Å². The SMILES string of the molecule is CCC(C)C1CCN(C)C1.CCC=O.CCc1cc(F)ccc1C.Cc1ccc(C#N)c(Cl)c1. The summed E-state index contributed by atoms with van der Waals surface area (Å²) in [6, 6.07) is 12.3. The Bertz CT molecular complexity index is 885. The van der Waals surface area contributed by atoms with Crippen LogP contribution in [0.2, 0.25) is 5.02 Å². The first kappa shape index (κ1) is 31.8. The van der Waals surface area contributed by atoms with E-state index in [2.05, 4.69) is 25.8 Å². The number of hydrogen-bond acceptors (Lipinski definition) is 3. The van der Waals surface area contributed by atoms with Crippen LogP contribution in [0.15, 0.2) is 36.4 Å². The van der Waals surface area contributed by atoms with E-state index in [1.54, 1.807) is 18.2 Å². The Labute approximate surface area is 211 Å². The van der Waals surface area contributed by atoms with Crippen LogP contribution in [0, 0.1) is 42.8 Å². The molecular weight excluding hydrogens is 447 g/mol. The number of carbonyl (C=O) groups excluding carboxylic acids is 1. The number of rotatable bonds is 4. The highest BCUT2D eigenvalue weighted by Gasteiger charge is 2.23. The summed E-state index contributed by atoms with van der Waals surface area (Å²) in [6.45, 7) is 15.1. The Hall–Kier alpha value is -2.22. The Balaban J connectivity index is 0.000000445. The van der Waals surface area contributed by atoms with E-state index in [0.717, 1.165) is 35.7 Å². The van der Waals surface area contributed by atoms with Crippen LogP contribution < -0.4 is 0 Å². The maximum absolute atomic E-state index is 12.5. The van der Waals surface area contributed by atoms with Crippen molar-refractivity contribution in [2.24, 2.45) is 11.8 Å². The molecule has 2 aromatic carbocycles. The second-order valence-electron chi connectivity index (χ2n) is 8.79. The number of aldehydes is 1. The topological polar surface area (TPSA) is 44.1 Å². The maximum atomic E-state index is 12.5. The third-order valence-corrected chi connectivity index (χ3v) is 6.29. The van der Waals surface area contributed by atoms with E-state index in [-0.39, 0.29) is 5.82 Å². The molecule has 188 valence electrons. The number of benzene rings is 2. The predicted molar refractivity (Wildman–Crippen MR) is 143 cm³/mol. The van der Waals surface area contributed by atoms with Gasteiger partial charge in [-0.3, -0.25) is 0 Å². The number of nitriles is 1. The Kier molecular flexibility index (Phi) is 17.0. The Morgan fingerprint density at radius 3 is 2.26 bits per heavy atom. The molecule has 2 atom stereocenters. The lowest BCUT2D eigenvalue weighted by Crippen LogP contribution is -2.17. The van der Waals surface area contributed by atoms with Crippen molar-refractivity contribution in [2.75, 3.05) is 20.1 Å². The summed E-state index contributed by atoms with van der Waals surface area (Å²) < 4.78 is 12.5. The van der Waals surface area contributed by atoms with Gasteiger partial charge in [0, 0.05) is 13.0 Å². The lowest BCUT2D eigenvalue weighted by Gasteiger charge is -2.16. The van der Waals surface area contributed by atoms with Crippen molar-refractivity contribution >= 4 is 17.9 Å². The average molecular weight is 489 g/mol. The van der Waals surface area contributed by atoms with Crippen LogP contribution in [0.4, 0.5) is 4.39 Å². The van der Waals surface area contributed by atoms with Crippen LogP contribution in [-0.4, -0.2) is 31.3 Å². The van der Waals surface area contributed by atoms with Gasteiger partial charge < -0.3 is 9.69 Å². The molecule has 1 heterocycles. The van der Waals surface area contributed by atoms with Crippen LogP contribution in [0.25, 0.3) is 0 Å². The lowest BCUT2D eigenvalue weighted by atomic mass is 9.91. The van der Waals surface area contributed by atoms with Gasteiger partial charge in [-0.05, 0) is 93.1 Å². The van der Waals surface area contributed by atoms with E-state index in [0.29, 0.717) is 17.0 Å². The highest BCUT2D eigenvalue weighted by molar-refractivity contribution is 6.31. The molecule has 0 aromatic heterocycles. The molecule has 1 aliphatic heterocycles. The first-order valence-electron chi connectivity index (χ1n) is 12.2. The second-order valence-corrected chi connectivity index (χ2v) is 9.20. The van der Waals surface area contributed by atoms with E-state index in [1.165, 1.54) is 37.6 Å².